The molecule has 3 heterocycles. The van der Waals surface area contributed by atoms with Gasteiger partial charge >= 0.3 is 0 Å². The predicted octanol–water partition coefficient (Wildman–Crippen LogP) is 1.78. The number of fused-ring (bicyclic) bond motifs is 3. The van der Waals surface area contributed by atoms with Crippen molar-refractivity contribution in [2.75, 3.05) is 0 Å². The number of epoxide rings is 1. The summed E-state index contributed by atoms with van der Waals surface area (Å²) >= 11 is 0. The van der Waals surface area contributed by atoms with E-state index in [-0.39, 0.29) is 12.5 Å². The Balaban J connectivity index is 1.97. The number of hydrazone groups is 1. The van der Waals surface area contributed by atoms with Crippen LogP contribution >= 0.6 is 0 Å². The summed E-state index contributed by atoms with van der Waals surface area (Å²) < 4.78 is 5.51. The van der Waals surface area contributed by atoms with Gasteiger partial charge in [0.15, 0.2) is 18.3 Å². The molecule has 0 aromatic heterocycles. The topological polar surface area (TPSA) is 40.2 Å². The predicted molar refractivity (Wildman–Crippen MR) is 62.4 cm³/mol. The van der Waals surface area contributed by atoms with Crippen LogP contribution in [0.3, 0.4) is 0 Å². The van der Waals surface area contributed by atoms with Crippen LogP contribution in [0.15, 0.2) is 28.5 Å². The largest absolute Gasteiger partial charge is 0.324 e. The standard InChI is InChI=1S/C12H17N3O/c1-4-7(2)9-5-6-10-13-14-11-12(16-11)15(10)8(9)3/h5-7,11-12,14H,4H2,1-3H3. The molecule has 86 valence electrons. The molecule has 1 saturated heterocycles. The van der Waals surface area contributed by atoms with Crippen molar-refractivity contribution in [2.24, 2.45) is 11.0 Å². The average Bonchev–Trinajstić information content (AvgIpc) is 3.07. The molecule has 3 unspecified atom stereocenters. The molecule has 4 nitrogen and oxygen atoms in total. The zero-order valence-electron chi connectivity index (χ0n) is 9.90. The lowest BCUT2D eigenvalue weighted by Crippen LogP contribution is -2.41. The lowest BCUT2D eigenvalue weighted by Gasteiger charge is -2.31. The van der Waals surface area contributed by atoms with Crippen LogP contribution in [0, 0.1) is 5.92 Å². The number of allylic oxidation sites excluding steroid dienone is 3. The van der Waals surface area contributed by atoms with E-state index in [1.807, 2.05) is 0 Å². The molecule has 0 spiro atoms. The molecule has 4 heteroatoms. The highest BCUT2D eigenvalue weighted by molar-refractivity contribution is 5.96. The van der Waals surface area contributed by atoms with E-state index in [1.54, 1.807) is 0 Å². The number of amidine groups is 1. The Morgan fingerprint density at radius 1 is 1.56 bits per heavy atom. The molecule has 3 atom stereocenters. The summed E-state index contributed by atoms with van der Waals surface area (Å²) in [5.41, 5.74) is 5.67. The summed E-state index contributed by atoms with van der Waals surface area (Å²) in [6.45, 7) is 6.64. The van der Waals surface area contributed by atoms with E-state index >= 15 is 0 Å². The first kappa shape index (κ1) is 9.90. The fourth-order valence-corrected chi connectivity index (χ4v) is 2.35. The summed E-state index contributed by atoms with van der Waals surface area (Å²) in [5, 5.41) is 4.29. The molecule has 1 N–H and O–H groups in total. The van der Waals surface area contributed by atoms with Crippen molar-refractivity contribution in [3.63, 3.8) is 0 Å². The molecule has 3 aliphatic heterocycles. The zero-order valence-corrected chi connectivity index (χ0v) is 9.90. The van der Waals surface area contributed by atoms with Gasteiger partial charge in [-0.15, -0.1) is 0 Å². The Labute approximate surface area is 95.6 Å². The van der Waals surface area contributed by atoms with Gasteiger partial charge in [0, 0.05) is 5.70 Å². The first-order valence-electron chi connectivity index (χ1n) is 5.89. The second-order valence-electron chi connectivity index (χ2n) is 4.60. The van der Waals surface area contributed by atoms with Gasteiger partial charge in [-0.2, -0.15) is 5.10 Å². The fourth-order valence-electron chi connectivity index (χ4n) is 2.35. The van der Waals surface area contributed by atoms with E-state index in [9.17, 15) is 0 Å². The molecule has 3 aliphatic rings. The van der Waals surface area contributed by atoms with E-state index in [4.69, 9.17) is 4.74 Å². The molecule has 0 amide bonds. The van der Waals surface area contributed by atoms with Crippen molar-refractivity contribution in [3.8, 4) is 0 Å². The quantitative estimate of drug-likeness (QED) is 0.720. The molecule has 0 aromatic carbocycles. The summed E-state index contributed by atoms with van der Waals surface area (Å²) in [6.07, 6.45) is 5.65. The zero-order chi connectivity index (χ0) is 11.3. The van der Waals surface area contributed by atoms with Gasteiger partial charge in [-0.25, -0.2) is 0 Å². The molecule has 3 rings (SSSR count). The van der Waals surface area contributed by atoms with Crippen molar-refractivity contribution < 1.29 is 4.74 Å². The van der Waals surface area contributed by atoms with Crippen LogP contribution in [-0.2, 0) is 4.74 Å². The van der Waals surface area contributed by atoms with Crippen molar-refractivity contribution in [3.05, 3.63) is 23.4 Å². The normalized spacial score (nSPS) is 32.7. The molecule has 0 aromatic rings. The maximum Gasteiger partial charge on any atom is 0.190 e. The molecule has 0 saturated carbocycles. The smallest absolute Gasteiger partial charge is 0.190 e. The fraction of sp³-hybridized carbons (Fsp3) is 0.583. The maximum atomic E-state index is 5.51. The highest BCUT2D eigenvalue weighted by atomic mass is 16.6. The molecule has 0 radical (unpaired) electrons. The minimum Gasteiger partial charge on any atom is -0.324 e. The molecule has 0 bridgehead atoms. The van der Waals surface area contributed by atoms with Gasteiger partial charge in [0.1, 0.15) is 0 Å². The molecule has 16 heavy (non-hydrogen) atoms. The third kappa shape index (κ3) is 1.29. The van der Waals surface area contributed by atoms with Crippen LogP contribution in [0.5, 0.6) is 0 Å². The van der Waals surface area contributed by atoms with E-state index < -0.39 is 0 Å². The number of nitrogens with one attached hydrogen (secondary N) is 1. The first-order chi connectivity index (χ1) is 7.72. The van der Waals surface area contributed by atoms with Crippen LogP contribution in [0.4, 0.5) is 0 Å². The van der Waals surface area contributed by atoms with Crippen molar-refractivity contribution in [1.82, 2.24) is 10.3 Å². The van der Waals surface area contributed by atoms with Gasteiger partial charge in [-0.05, 0) is 30.9 Å². The van der Waals surface area contributed by atoms with E-state index in [0.29, 0.717) is 5.92 Å². The van der Waals surface area contributed by atoms with Crippen LogP contribution in [0.25, 0.3) is 0 Å². The van der Waals surface area contributed by atoms with Crippen LogP contribution in [0.2, 0.25) is 0 Å². The number of hydrogen-bond acceptors (Lipinski definition) is 4. The monoisotopic (exact) mass is 219 g/mol. The highest BCUT2D eigenvalue weighted by Crippen LogP contribution is 2.36. The van der Waals surface area contributed by atoms with Gasteiger partial charge in [0.25, 0.3) is 0 Å². The Kier molecular flexibility index (Phi) is 2.07. The molecular formula is C12H17N3O. The second kappa shape index (κ2) is 3.35. The summed E-state index contributed by atoms with van der Waals surface area (Å²) in [7, 11) is 0. The van der Waals surface area contributed by atoms with Crippen molar-refractivity contribution in [1.29, 1.82) is 0 Å². The average molecular weight is 219 g/mol. The SMILES string of the molecule is CCC(C)C1=C(C)N2C(=NNC3OC32)C=C1. The Morgan fingerprint density at radius 3 is 3.12 bits per heavy atom. The maximum absolute atomic E-state index is 5.51. The van der Waals surface area contributed by atoms with Crippen LogP contribution in [-0.4, -0.2) is 23.2 Å². The lowest BCUT2D eigenvalue weighted by atomic mass is 9.93. The van der Waals surface area contributed by atoms with Gasteiger partial charge in [0.2, 0.25) is 0 Å². The third-order valence-corrected chi connectivity index (χ3v) is 3.61. The van der Waals surface area contributed by atoms with Crippen LogP contribution in [0.1, 0.15) is 27.2 Å². The minimum absolute atomic E-state index is 0.0865. The summed E-state index contributed by atoms with van der Waals surface area (Å²) in [5.74, 6) is 1.55. The van der Waals surface area contributed by atoms with Gasteiger partial charge in [-0.3, -0.25) is 10.3 Å². The van der Waals surface area contributed by atoms with Crippen molar-refractivity contribution >= 4 is 5.84 Å². The third-order valence-electron chi connectivity index (χ3n) is 3.61. The first-order valence-corrected chi connectivity index (χ1v) is 5.89. The Bertz CT molecular complexity index is 410. The number of rotatable bonds is 2. The van der Waals surface area contributed by atoms with Gasteiger partial charge in [-0.1, -0.05) is 19.9 Å². The van der Waals surface area contributed by atoms with Crippen LogP contribution < -0.4 is 5.43 Å². The molecular weight excluding hydrogens is 202 g/mol. The Morgan fingerprint density at radius 2 is 2.38 bits per heavy atom. The van der Waals surface area contributed by atoms with E-state index in [2.05, 4.69) is 48.4 Å². The number of nitrogens with zero attached hydrogens (tertiary/aromatic N) is 2. The summed E-state index contributed by atoms with van der Waals surface area (Å²) in [6, 6.07) is 0. The van der Waals surface area contributed by atoms with E-state index in [0.717, 1.165) is 12.3 Å². The second-order valence-corrected chi connectivity index (χ2v) is 4.60. The highest BCUT2D eigenvalue weighted by Gasteiger charge is 2.49. The summed E-state index contributed by atoms with van der Waals surface area (Å²) in [4.78, 5) is 2.20. The van der Waals surface area contributed by atoms with E-state index in [1.165, 1.54) is 11.3 Å². The Hall–Kier alpha value is -1.29. The van der Waals surface area contributed by atoms with Gasteiger partial charge < -0.3 is 4.74 Å². The molecule has 0 aliphatic carbocycles. The molecule has 1 fully saturated rings. The minimum atomic E-state index is 0.0865. The number of hydrogen-bond donors (Lipinski definition) is 1. The number of ether oxygens (including phenoxy) is 1. The van der Waals surface area contributed by atoms with Crippen molar-refractivity contribution in [2.45, 2.75) is 39.6 Å². The lowest BCUT2D eigenvalue weighted by molar-refractivity contribution is 0.290. The van der Waals surface area contributed by atoms with Gasteiger partial charge in [0.05, 0.1) is 0 Å².